The minimum absolute atomic E-state index is 0.0633. The van der Waals surface area contributed by atoms with Crippen molar-refractivity contribution in [2.45, 2.75) is 19.0 Å². The first-order valence-electron chi connectivity index (χ1n) is 4.93. The summed E-state index contributed by atoms with van der Waals surface area (Å²) in [5.74, 6) is 0. The smallest absolute Gasteiger partial charge is 0.385 e. The van der Waals surface area contributed by atoms with Crippen LogP contribution in [0.5, 0.6) is 0 Å². The van der Waals surface area contributed by atoms with Crippen molar-refractivity contribution in [3.05, 3.63) is 34.4 Å². The maximum absolute atomic E-state index is 11.8. The van der Waals surface area contributed by atoms with E-state index in [1.165, 1.54) is 18.2 Å². The van der Waals surface area contributed by atoms with Crippen molar-refractivity contribution in [1.29, 1.82) is 0 Å². The first-order chi connectivity index (χ1) is 7.88. The van der Waals surface area contributed by atoms with Gasteiger partial charge in [0.15, 0.2) is 0 Å². The van der Waals surface area contributed by atoms with E-state index < -0.39 is 17.5 Å². The van der Waals surface area contributed by atoms with Gasteiger partial charge in [0.1, 0.15) is 0 Å². The average Bonchev–Trinajstić information content (AvgIpc) is 2.23. The number of non-ortho nitro benzene ring substituents is 1. The minimum atomic E-state index is -4.16. The van der Waals surface area contributed by atoms with Crippen LogP contribution in [-0.4, -0.2) is 17.6 Å². The summed E-state index contributed by atoms with van der Waals surface area (Å²) in [5.41, 5.74) is 0.354. The lowest BCUT2D eigenvalue weighted by Crippen LogP contribution is -2.10. The fourth-order valence-electron chi connectivity index (χ4n) is 1.25. The third-order valence-corrected chi connectivity index (χ3v) is 2.02. The topological polar surface area (TPSA) is 55.2 Å². The molecule has 94 valence electrons. The number of nitrogens with one attached hydrogen (secondary N) is 1. The number of hydrogen-bond donors (Lipinski definition) is 1. The van der Waals surface area contributed by atoms with Gasteiger partial charge in [-0.15, -0.1) is 0 Å². The van der Waals surface area contributed by atoms with E-state index in [2.05, 4.69) is 5.32 Å². The van der Waals surface area contributed by atoms with Gasteiger partial charge in [0.2, 0.25) is 0 Å². The average molecular weight is 248 g/mol. The van der Waals surface area contributed by atoms with E-state index >= 15 is 0 Å². The lowest BCUT2D eigenvalue weighted by Gasteiger charge is -2.08. The highest BCUT2D eigenvalue weighted by Gasteiger charge is 2.25. The Bertz CT molecular complexity index is 393. The Morgan fingerprint density at radius 2 is 2.06 bits per heavy atom. The number of halogens is 3. The molecule has 4 nitrogen and oxygen atoms in total. The molecule has 1 aromatic rings. The summed E-state index contributed by atoms with van der Waals surface area (Å²) in [7, 11) is 0. The van der Waals surface area contributed by atoms with Crippen molar-refractivity contribution in [3.8, 4) is 0 Å². The van der Waals surface area contributed by atoms with Crippen LogP contribution in [0.4, 0.5) is 24.5 Å². The van der Waals surface area contributed by atoms with Crippen LogP contribution in [0.1, 0.15) is 12.8 Å². The predicted octanol–water partition coefficient (Wildman–Crippen LogP) is 3.35. The summed E-state index contributed by atoms with van der Waals surface area (Å²) in [5, 5.41) is 13.2. The number of hydrogen-bond acceptors (Lipinski definition) is 3. The summed E-state index contributed by atoms with van der Waals surface area (Å²) < 4.78 is 35.5. The zero-order valence-corrected chi connectivity index (χ0v) is 8.83. The van der Waals surface area contributed by atoms with E-state index in [0.29, 0.717) is 5.69 Å². The summed E-state index contributed by atoms with van der Waals surface area (Å²) in [6, 6.07) is 5.65. The maximum Gasteiger partial charge on any atom is 0.389 e. The Kier molecular flexibility index (Phi) is 4.30. The van der Waals surface area contributed by atoms with Crippen molar-refractivity contribution in [1.82, 2.24) is 0 Å². The molecule has 0 saturated heterocycles. The zero-order valence-electron chi connectivity index (χ0n) is 8.83. The number of anilines is 1. The Hall–Kier alpha value is -1.79. The lowest BCUT2D eigenvalue weighted by molar-refractivity contribution is -0.384. The summed E-state index contributed by atoms with van der Waals surface area (Å²) >= 11 is 0. The molecule has 0 radical (unpaired) electrons. The highest BCUT2D eigenvalue weighted by molar-refractivity contribution is 5.50. The lowest BCUT2D eigenvalue weighted by atomic mass is 10.2. The molecule has 0 unspecified atom stereocenters. The quantitative estimate of drug-likeness (QED) is 0.494. The predicted molar refractivity (Wildman–Crippen MR) is 56.9 cm³/mol. The first kappa shape index (κ1) is 13.3. The van der Waals surface area contributed by atoms with Crippen molar-refractivity contribution < 1.29 is 18.1 Å². The van der Waals surface area contributed by atoms with Gasteiger partial charge in [-0.25, -0.2) is 0 Å². The Morgan fingerprint density at radius 3 is 2.65 bits per heavy atom. The minimum Gasteiger partial charge on any atom is -0.385 e. The van der Waals surface area contributed by atoms with Crippen LogP contribution in [0.3, 0.4) is 0 Å². The third kappa shape index (κ3) is 5.19. The van der Waals surface area contributed by atoms with E-state index in [-0.39, 0.29) is 18.7 Å². The Balaban J connectivity index is 2.42. The molecule has 0 bridgehead atoms. The van der Waals surface area contributed by atoms with E-state index in [0.717, 1.165) is 0 Å². The molecule has 1 N–H and O–H groups in total. The van der Waals surface area contributed by atoms with Crippen LogP contribution >= 0.6 is 0 Å². The summed E-state index contributed by atoms with van der Waals surface area (Å²) in [6.07, 6.45) is -5.09. The van der Waals surface area contributed by atoms with Gasteiger partial charge < -0.3 is 5.32 Å². The van der Waals surface area contributed by atoms with Gasteiger partial charge in [-0.2, -0.15) is 13.2 Å². The molecule has 0 aliphatic carbocycles. The molecular weight excluding hydrogens is 237 g/mol. The number of nitro groups is 1. The molecule has 0 atom stereocenters. The molecule has 0 aromatic heterocycles. The van der Waals surface area contributed by atoms with Crippen molar-refractivity contribution in [3.63, 3.8) is 0 Å². The van der Waals surface area contributed by atoms with Crippen LogP contribution in [0.2, 0.25) is 0 Å². The van der Waals surface area contributed by atoms with Gasteiger partial charge in [0.25, 0.3) is 5.69 Å². The maximum atomic E-state index is 11.8. The molecule has 1 aromatic carbocycles. The van der Waals surface area contributed by atoms with E-state index in [1.54, 1.807) is 6.07 Å². The summed E-state index contributed by atoms with van der Waals surface area (Å²) in [6.45, 7) is 0.126. The van der Waals surface area contributed by atoms with Crippen molar-refractivity contribution in [2.24, 2.45) is 0 Å². The summed E-state index contributed by atoms with van der Waals surface area (Å²) in [4.78, 5) is 9.89. The molecule has 0 spiro atoms. The van der Waals surface area contributed by atoms with Crippen molar-refractivity contribution >= 4 is 11.4 Å². The SMILES string of the molecule is O=[N+]([O-])c1cccc(NCCCC(F)(F)F)c1. The highest BCUT2D eigenvalue weighted by atomic mass is 19.4. The standard InChI is InChI=1S/C10H11F3N2O2/c11-10(12,13)5-2-6-14-8-3-1-4-9(7-8)15(16)17/h1,3-4,7,14H,2,5-6H2. The number of nitrogens with zero attached hydrogens (tertiary/aromatic N) is 1. The molecule has 0 aliphatic heterocycles. The second kappa shape index (κ2) is 5.51. The van der Waals surface area contributed by atoms with Crippen LogP contribution in [0.15, 0.2) is 24.3 Å². The molecule has 0 heterocycles. The fourth-order valence-corrected chi connectivity index (χ4v) is 1.25. The molecule has 1 rings (SSSR count). The normalized spacial score (nSPS) is 11.2. The van der Waals surface area contributed by atoms with E-state index in [9.17, 15) is 23.3 Å². The molecule has 17 heavy (non-hydrogen) atoms. The number of alkyl halides is 3. The Morgan fingerprint density at radius 1 is 1.35 bits per heavy atom. The number of benzene rings is 1. The molecule has 0 amide bonds. The second-order valence-corrected chi connectivity index (χ2v) is 3.45. The third-order valence-electron chi connectivity index (χ3n) is 2.02. The zero-order chi connectivity index (χ0) is 12.9. The molecule has 7 heteroatoms. The first-order valence-corrected chi connectivity index (χ1v) is 4.93. The van der Waals surface area contributed by atoms with Gasteiger partial charge in [-0.1, -0.05) is 6.07 Å². The van der Waals surface area contributed by atoms with Gasteiger partial charge in [-0.05, 0) is 12.5 Å². The van der Waals surface area contributed by atoms with Gasteiger partial charge in [0, 0.05) is 30.8 Å². The van der Waals surface area contributed by atoms with E-state index in [1.807, 2.05) is 0 Å². The number of nitro benzene ring substituents is 1. The van der Waals surface area contributed by atoms with E-state index in [4.69, 9.17) is 0 Å². The largest absolute Gasteiger partial charge is 0.389 e. The fraction of sp³-hybridized carbons (Fsp3) is 0.400. The molecule has 0 fully saturated rings. The monoisotopic (exact) mass is 248 g/mol. The van der Waals surface area contributed by atoms with Crippen LogP contribution in [0, 0.1) is 10.1 Å². The van der Waals surface area contributed by atoms with Gasteiger partial charge in [0.05, 0.1) is 4.92 Å². The molecule has 0 saturated carbocycles. The number of rotatable bonds is 5. The van der Waals surface area contributed by atoms with Gasteiger partial charge in [-0.3, -0.25) is 10.1 Å². The van der Waals surface area contributed by atoms with Crippen LogP contribution in [0.25, 0.3) is 0 Å². The second-order valence-electron chi connectivity index (χ2n) is 3.45. The van der Waals surface area contributed by atoms with Gasteiger partial charge >= 0.3 is 6.18 Å². The molecule has 0 aliphatic rings. The highest BCUT2D eigenvalue weighted by Crippen LogP contribution is 2.22. The van der Waals surface area contributed by atoms with Crippen LogP contribution < -0.4 is 5.32 Å². The van der Waals surface area contributed by atoms with Crippen molar-refractivity contribution in [2.75, 3.05) is 11.9 Å². The Labute approximate surface area is 95.6 Å². The van der Waals surface area contributed by atoms with Crippen LogP contribution in [-0.2, 0) is 0 Å². The molecular formula is C10H11F3N2O2.